The average Bonchev–Trinajstić information content (AvgIpc) is 3.15. The number of ether oxygens (including phenoxy) is 2. The van der Waals surface area contributed by atoms with Crippen LogP contribution in [0.25, 0.3) is 11.1 Å². The van der Waals surface area contributed by atoms with Crippen LogP contribution >= 0.6 is 0 Å². The Morgan fingerprint density at radius 1 is 0.914 bits per heavy atom. The van der Waals surface area contributed by atoms with Gasteiger partial charge in [-0.25, -0.2) is 9.59 Å². The molecular weight excluding hydrogens is 438 g/mol. The summed E-state index contributed by atoms with van der Waals surface area (Å²) in [6.45, 7) is 6.15. The van der Waals surface area contributed by atoms with E-state index in [1.165, 1.54) is 22.3 Å². The van der Waals surface area contributed by atoms with E-state index in [-0.39, 0.29) is 18.5 Å². The van der Waals surface area contributed by atoms with Crippen molar-refractivity contribution in [1.82, 2.24) is 5.32 Å². The van der Waals surface area contributed by atoms with Crippen LogP contribution in [0, 0.1) is 11.8 Å². The fourth-order valence-corrected chi connectivity index (χ4v) is 4.10. The number of hydrogen-bond donors (Lipinski definition) is 1. The molecule has 0 fully saturated rings. The summed E-state index contributed by atoms with van der Waals surface area (Å²) in [6.07, 6.45) is 0.00140. The molecule has 0 aliphatic heterocycles. The van der Waals surface area contributed by atoms with E-state index in [2.05, 4.69) is 41.4 Å². The standard InChI is InChI=1S/C30H29NO4/c1-30(2,3)35-28(32)22-13-10-12-21(19-22)11-8-9-18-31-29(33)34-20-27-25-16-6-4-14-23(25)24-15-5-7-17-26(24)27/h4-7,10,12-17,19,27H,9,18,20H2,1-3H3,(H,31,33). The number of esters is 1. The normalized spacial score (nSPS) is 12.1. The van der Waals surface area contributed by atoms with Crippen molar-refractivity contribution in [2.75, 3.05) is 13.2 Å². The fraction of sp³-hybridized carbons (Fsp3) is 0.267. The summed E-state index contributed by atoms with van der Waals surface area (Å²) in [5, 5.41) is 2.76. The molecule has 1 aliphatic carbocycles. The third kappa shape index (κ3) is 6.10. The molecule has 0 atom stereocenters. The predicted molar refractivity (Wildman–Crippen MR) is 136 cm³/mol. The molecule has 5 nitrogen and oxygen atoms in total. The van der Waals surface area contributed by atoms with Crippen LogP contribution in [0.15, 0.2) is 72.8 Å². The van der Waals surface area contributed by atoms with Gasteiger partial charge in [-0.15, -0.1) is 0 Å². The Morgan fingerprint density at radius 3 is 2.23 bits per heavy atom. The van der Waals surface area contributed by atoms with Crippen molar-refractivity contribution in [3.63, 3.8) is 0 Å². The van der Waals surface area contributed by atoms with E-state index in [0.717, 1.165) is 5.56 Å². The highest BCUT2D eigenvalue weighted by molar-refractivity contribution is 5.90. The van der Waals surface area contributed by atoms with Crippen molar-refractivity contribution in [3.05, 3.63) is 95.1 Å². The van der Waals surface area contributed by atoms with E-state index in [1.54, 1.807) is 18.2 Å². The third-order valence-corrected chi connectivity index (χ3v) is 5.59. The van der Waals surface area contributed by atoms with Crippen molar-refractivity contribution in [2.45, 2.75) is 38.7 Å². The molecule has 0 unspecified atom stereocenters. The zero-order valence-electron chi connectivity index (χ0n) is 20.3. The summed E-state index contributed by atoms with van der Waals surface area (Å²) in [4.78, 5) is 24.5. The second-order valence-electron chi connectivity index (χ2n) is 9.39. The summed E-state index contributed by atoms with van der Waals surface area (Å²) in [6, 6.07) is 23.5. The van der Waals surface area contributed by atoms with Crippen molar-refractivity contribution < 1.29 is 19.1 Å². The fourth-order valence-electron chi connectivity index (χ4n) is 4.10. The first-order valence-electron chi connectivity index (χ1n) is 11.7. The monoisotopic (exact) mass is 467 g/mol. The van der Waals surface area contributed by atoms with E-state index >= 15 is 0 Å². The summed E-state index contributed by atoms with van der Waals surface area (Å²) in [7, 11) is 0. The molecule has 0 saturated heterocycles. The van der Waals surface area contributed by atoms with Crippen LogP contribution in [-0.4, -0.2) is 30.8 Å². The molecule has 3 aromatic carbocycles. The molecular formula is C30H29NO4. The zero-order valence-corrected chi connectivity index (χ0v) is 20.3. The SMILES string of the molecule is CC(C)(C)OC(=O)c1cccc(C#CCCNC(=O)OCC2c3ccccc3-c3ccccc32)c1. The van der Waals surface area contributed by atoms with Gasteiger partial charge in [0.05, 0.1) is 5.56 Å². The summed E-state index contributed by atoms with van der Waals surface area (Å²) in [5.41, 5.74) is 5.38. The van der Waals surface area contributed by atoms with Crippen molar-refractivity contribution in [3.8, 4) is 23.0 Å². The topological polar surface area (TPSA) is 64.6 Å². The number of hydrogen-bond acceptors (Lipinski definition) is 4. The van der Waals surface area contributed by atoms with Crippen molar-refractivity contribution >= 4 is 12.1 Å². The highest BCUT2D eigenvalue weighted by Gasteiger charge is 2.28. The van der Waals surface area contributed by atoms with E-state index in [9.17, 15) is 9.59 Å². The van der Waals surface area contributed by atoms with Crippen LogP contribution in [-0.2, 0) is 9.47 Å². The van der Waals surface area contributed by atoms with E-state index in [4.69, 9.17) is 9.47 Å². The number of carbonyl (C=O) groups is 2. The second-order valence-corrected chi connectivity index (χ2v) is 9.39. The largest absolute Gasteiger partial charge is 0.456 e. The average molecular weight is 468 g/mol. The van der Waals surface area contributed by atoms with Crippen molar-refractivity contribution in [2.24, 2.45) is 0 Å². The Kier molecular flexibility index (Phi) is 7.22. The van der Waals surface area contributed by atoms with Gasteiger partial charge in [-0.2, -0.15) is 0 Å². The molecule has 178 valence electrons. The molecule has 1 N–H and O–H groups in total. The Labute approximate surface area is 206 Å². The first-order chi connectivity index (χ1) is 16.8. The van der Waals surface area contributed by atoms with Crippen LogP contribution in [0.4, 0.5) is 4.79 Å². The first-order valence-corrected chi connectivity index (χ1v) is 11.7. The Balaban J connectivity index is 1.26. The number of alkyl carbamates (subject to hydrolysis) is 1. The molecule has 0 aromatic heterocycles. The minimum absolute atomic E-state index is 0.0326. The van der Waals surface area contributed by atoms with Crippen LogP contribution < -0.4 is 5.32 Å². The Morgan fingerprint density at radius 2 is 1.57 bits per heavy atom. The molecule has 35 heavy (non-hydrogen) atoms. The quantitative estimate of drug-likeness (QED) is 0.287. The van der Waals surface area contributed by atoms with Gasteiger partial charge in [0.2, 0.25) is 0 Å². The lowest BCUT2D eigenvalue weighted by atomic mass is 9.98. The van der Waals surface area contributed by atoms with Crippen LogP contribution in [0.5, 0.6) is 0 Å². The smallest absolute Gasteiger partial charge is 0.407 e. The summed E-state index contributed by atoms with van der Waals surface area (Å²) >= 11 is 0. The lowest BCUT2D eigenvalue weighted by Crippen LogP contribution is -2.26. The second kappa shape index (κ2) is 10.5. The molecule has 1 amide bonds. The van der Waals surface area contributed by atoms with E-state index in [1.807, 2.05) is 51.1 Å². The van der Waals surface area contributed by atoms with Gasteiger partial charge in [0.25, 0.3) is 0 Å². The maximum Gasteiger partial charge on any atom is 0.407 e. The molecule has 0 spiro atoms. The number of rotatable bonds is 5. The van der Waals surface area contributed by atoms with Gasteiger partial charge in [-0.3, -0.25) is 0 Å². The van der Waals surface area contributed by atoms with Gasteiger partial charge < -0.3 is 14.8 Å². The van der Waals surface area contributed by atoms with E-state index in [0.29, 0.717) is 18.5 Å². The van der Waals surface area contributed by atoms with Crippen LogP contribution in [0.2, 0.25) is 0 Å². The molecule has 0 bridgehead atoms. The molecule has 4 rings (SSSR count). The number of benzene rings is 3. The van der Waals surface area contributed by atoms with Gasteiger partial charge >= 0.3 is 12.1 Å². The van der Waals surface area contributed by atoms with Crippen LogP contribution in [0.3, 0.4) is 0 Å². The molecule has 5 heteroatoms. The Hall–Kier alpha value is -4.04. The van der Waals surface area contributed by atoms with Gasteiger partial charge in [-0.1, -0.05) is 66.4 Å². The highest BCUT2D eigenvalue weighted by Crippen LogP contribution is 2.44. The number of fused-ring (bicyclic) bond motifs is 3. The maximum absolute atomic E-state index is 12.3. The van der Waals surface area contributed by atoms with Gasteiger partial charge in [0.1, 0.15) is 12.2 Å². The number of carbonyl (C=O) groups excluding carboxylic acids is 2. The van der Waals surface area contributed by atoms with Gasteiger partial charge in [0.15, 0.2) is 0 Å². The van der Waals surface area contributed by atoms with Gasteiger partial charge in [0, 0.05) is 24.4 Å². The van der Waals surface area contributed by atoms with E-state index < -0.39 is 11.7 Å². The lowest BCUT2D eigenvalue weighted by Gasteiger charge is -2.19. The molecule has 0 saturated carbocycles. The predicted octanol–water partition coefficient (Wildman–Crippen LogP) is 5.92. The Bertz CT molecular complexity index is 1250. The number of amides is 1. The molecule has 0 radical (unpaired) electrons. The van der Waals surface area contributed by atoms with Crippen molar-refractivity contribution in [1.29, 1.82) is 0 Å². The maximum atomic E-state index is 12.3. The number of nitrogens with one attached hydrogen (secondary N) is 1. The summed E-state index contributed by atoms with van der Waals surface area (Å²) < 4.78 is 10.9. The zero-order chi connectivity index (χ0) is 24.8. The minimum atomic E-state index is -0.552. The minimum Gasteiger partial charge on any atom is -0.456 e. The summed E-state index contributed by atoms with van der Waals surface area (Å²) in [5.74, 6) is 5.70. The van der Waals surface area contributed by atoms with Crippen LogP contribution in [0.1, 0.15) is 60.2 Å². The van der Waals surface area contributed by atoms with Gasteiger partial charge in [-0.05, 0) is 61.2 Å². The molecule has 3 aromatic rings. The first kappa shape index (κ1) is 24.1. The highest BCUT2D eigenvalue weighted by atomic mass is 16.6. The third-order valence-electron chi connectivity index (χ3n) is 5.59. The molecule has 0 heterocycles. The molecule has 1 aliphatic rings. The lowest BCUT2D eigenvalue weighted by molar-refractivity contribution is 0.00694.